The van der Waals surface area contributed by atoms with Crippen LogP contribution in [0.3, 0.4) is 0 Å². The number of amides is 1. The van der Waals surface area contributed by atoms with Gasteiger partial charge in [0.1, 0.15) is 11.5 Å². The van der Waals surface area contributed by atoms with E-state index >= 15 is 0 Å². The molecule has 5 heteroatoms. The van der Waals surface area contributed by atoms with Crippen LogP contribution in [0, 0.1) is 12.8 Å². The Morgan fingerprint density at radius 2 is 2.07 bits per heavy atom. The Bertz CT molecular complexity index is 857. The minimum absolute atomic E-state index is 0.126. The van der Waals surface area contributed by atoms with Gasteiger partial charge in [0.25, 0.3) is 5.91 Å². The number of carbonyl (C=O) groups excluding carboxylic acids is 1. The summed E-state index contributed by atoms with van der Waals surface area (Å²) in [4.78, 5) is 12.9. The van der Waals surface area contributed by atoms with Gasteiger partial charge in [-0.15, -0.1) is 0 Å². The zero-order chi connectivity index (χ0) is 19.0. The molecule has 0 radical (unpaired) electrons. The molecular formula is C22H25NO4. The van der Waals surface area contributed by atoms with Crippen LogP contribution in [0.4, 0.5) is 0 Å². The van der Waals surface area contributed by atoms with E-state index in [1.54, 1.807) is 13.2 Å². The predicted molar refractivity (Wildman–Crippen MR) is 102 cm³/mol. The molecule has 0 aromatic heterocycles. The van der Waals surface area contributed by atoms with E-state index in [2.05, 4.69) is 11.4 Å². The minimum Gasteiger partial charge on any atom is -0.496 e. The summed E-state index contributed by atoms with van der Waals surface area (Å²) >= 11 is 0. The molecule has 27 heavy (non-hydrogen) atoms. The van der Waals surface area contributed by atoms with Gasteiger partial charge in [-0.25, -0.2) is 0 Å². The average molecular weight is 367 g/mol. The number of aliphatic hydroxyl groups excluding tert-OH is 1. The lowest BCUT2D eigenvalue weighted by atomic mass is 9.74. The monoisotopic (exact) mass is 367 g/mol. The van der Waals surface area contributed by atoms with E-state index in [0.717, 1.165) is 23.3 Å². The zero-order valence-electron chi connectivity index (χ0n) is 15.7. The molecule has 2 aromatic carbocycles. The molecule has 1 aliphatic carbocycles. The van der Waals surface area contributed by atoms with E-state index in [1.165, 1.54) is 5.56 Å². The second kappa shape index (κ2) is 7.24. The quantitative estimate of drug-likeness (QED) is 0.852. The minimum atomic E-state index is -0.272. The molecule has 1 fully saturated rings. The van der Waals surface area contributed by atoms with Crippen LogP contribution in [-0.2, 0) is 6.42 Å². The molecule has 1 heterocycles. The van der Waals surface area contributed by atoms with Crippen LogP contribution in [0.2, 0.25) is 0 Å². The first kappa shape index (κ1) is 17.9. The van der Waals surface area contributed by atoms with Crippen molar-refractivity contribution >= 4 is 5.91 Å². The number of aliphatic hydroxyl groups is 1. The van der Waals surface area contributed by atoms with Crippen LogP contribution in [0.25, 0.3) is 0 Å². The van der Waals surface area contributed by atoms with E-state index in [4.69, 9.17) is 9.47 Å². The molecule has 142 valence electrons. The van der Waals surface area contributed by atoms with Crippen molar-refractivity contribution in [2.45, 2.75) is 38.3 Å². The molecule has 2 N–H and O–H groups in total. The fourth-order valence-electron chi connectivity index (χ4n) is 3.96. The first-order valence-electron chi connectivity index (χ1n) is 9.44. The van der Waals surface area contributed by atoms with Crippen molar-refractivity contribution in [1.82, 2.24) is 5.32 Å². The number of nitrogens with one attached hydrogen (secondary N) is 1. The van der Waals surface area contributed by atoms with Gasteiger partial charge in [-0.1, -0.05) is 12.1 Å². The lowest BCUT2D eigenvalue weighted by Crippen LogP contribution is -2.41. The normalized spacial score (nSPS) is 21.6. The number of hydrogen-bond acceptors (Lipinski definition) is 4. The first-order chi connectivity index (χ1) is 13.0. The maximum Gasteiger partial charge on any atom is 0.251 e. The topological polar surface area (TPSA) is 67.8 Å². The molecule has 0 saturated heterocycles. The molecule has 0 unspecified atom stereocenters. The van der Waals surface area contributed by atoms with Crippen molar-refractivity contribution in [2.75, 3.05) is 13.7 Å². The van der Waals surface area contributed by atoms with Crippen molar-refractivity contribution in [3.8, 4) is 11.5 Å². The summed E-state index contributed by atoms with van der Waals surface area (Å²) < 4.78 is 10.9. The molecule has 1 atom stereocenters. The molecule has 2 aliphatic rings. The number of rotatable bonds is 5. The van der Waals surface area contributed by atoms with Crippen molar-refractivity contribution in [1.29, 1.82) is 0 Å². The van der Waals surface area contributed by atoms with Gasteiger partial charge in [-0.05, 0) is 66.6 Å². The number of methoxy groups -OCH3 is 1. The Kier molecular flexibility index (Phi) is 4.79. The Morgan fingerprint density at radius 1 is 1.26 bits per heavy atom. The Hall–Kier alpha value is -2.53. The van der Waals surface area contributed by atoms with E-state index in [1.807, 2.05) is 31.2 Å². The number of carbonyl (C=O) groups is 1. The second-order valence-electron chi connectivity index (χ2n) is 7.49. The third-order valence-electron chi connectivity index (χ3n) is 5.65. The van der Waals surface area contributed by atoms with Crippen molar-refractivity contribution in [2.24, 2.45) is 5.92 Å². The molecule has 4 rings (SSSR count). The van der Waals surface area contributed by atoms with E-state index in [0.29, 0.717) is 30.8 Å². The second-order valence-corrected chi connectivity index (χ2v) is 7.49. The summed E-state index contributed by atoms with van der Waals surface area (Å²) in [6.45, 7) is 2.66. The highest BCUT2D eigenvalue weighted by Crippen LogP contribution is 2.40. The number of ether oxygens (including phenoxy) is 2. The van der Waals surface area contributed by atoms with E-state index in [9.17, 15) is 9.90 Å². The van der Waals surface area contributed by atoms with Gasteiger partial charge in [0, 0.05) is 12.0 Å². The van der Waals surface area contributed by atoms with E-state index < -0.39 is 0 Å². The largest absolute Gasteiger partial charge is 0.496 e. The lowest BCUT2D eigenvalue weighted by molar-refractivity contribution is 0.0235. The van der Waals surface area contributed by atoms with Gasteiger partial charge in [0.2, 0.25) is 0 Å². The summed E-state index contributed by atoms with van der Waals surface area (Å²) in [6.07, 6.45) is 2.03. The lowest BCUT2D eigenvalue weighted by Gasteiger charge is -2.38. The summed E-state index contributed by atoms with van der Waals surface area (Å²) in [7, 11) is 1.61. The molecule has 5 nitrogen and oxygen atoms in total. The number of hydrogen-bond donors (Lipinski definition) is 2. The summed E-state index contributed by atoms with van der Waals surface area (Å²) in [5, 5.41) is 13.0. The summed E-state index contributed by atoms with van der Waals surface area (Å²) in [5.41, 5.74) is 3.82. The Morgan fingerprint density at radius 3 is 2.81 bits per heavy atom. The van der Waals surface area contributed by atoms with Crippen molar-refractivity contribution in [3.05, 3.63) is 58.7 Å². The maximum absolute atomic E-state index is 12.9. The molecule has 0 bridgehead atoms. The first-order valence-corrected chi connectivity index (χ1v) is 9.44. The van der Waals surface area contributed by atoms with Gasteiger partial charge < -0.3 is 19.9 Å². The fraction of sp³-hybridized carbons (Fsp3) is 0.409. The Balaban J connectivity index is 1.59. The fourth-order valence-corrected chi connectivity index (χ4v) is 3.96. The van der Waals surface area contributed by atoms with Gasteiger partial charge in [-0.2, -0.15) is 0 Å². The third-order valence-corrected chi connectivity index (χ3v) is 5.65. The van der Waals surface area contributed by atoms with Gasteiger partial charge in [0.15, 0.2) is 0 Å². The van der Waals surface area contributed by atoms with Crippen LogP contribution in [0.15, 0.2) is 36.4 Å². The smallest absolute Gasteiger partial charge is 0.251 e. The van der Waals surface area contributed by atoms with Crippen molar-refractivity contribution < 1.29 is 19.4 Å². The predicted octanol–water partition coefficient (Wildman–Crippen LogP) is 3.18. The van der Waals surface area contributed by atoms with Gasteiger partial charge >= 0.3 is 0 Å². The maximum atomic E-state index is 12.9. The van der Waals surface area contributed by atoms with Gasteiger partial charge in [-0.3, -0.25) is 4.79 Å². The highest BCUT2D eigenvalue weighted by Gasteiger charge is 2.36. The molecular weight excluding hydrogens is 342 g/mol. The van der Waals surface area contributed by atoms with Crippen LogP contribution in [0.5, 0.6) is 11.5 Å². The molecule has 1 aliphatic heterocycles. The molecule has 0 spiro atoms. The van der Waals surface area contributed by atoms with Crippen LogP contribution in [-0.4, -0.2) is 30.8 Å². The molecule has 2 aromatic rings. The van der Waals surface area contributed by atoms with Crippen molar-refractivity contribution in [3.63, 3.8) is 0 Å². The number of benzene rings is 2. The van der Waals surface area contributed by atoms with Gasteiger partial charge in [0.05, 0.1) is 25.9 Å². The molecule has 1 amide bonds. The average Bonchev–Trinajstić information content (AvgIpc) is 3.11. The number of aryl methyl sites for hydroxylation is 1. The zero-order valence-corrected chi connectivity index (χ0v) is 15.7. The summed E-state index contributed by atoms with van der Waals surface area (Å²) in [6, 6.07) is 11.5. The van der Waals surface area contributed by atoms with Crippen LogP contribution in [0.1, 0.15) is 45.9 Å². The van der Waals surface area contributed by atoms with Crippen LogP contribution < -0.4 is 14.8 Å². The summed E-state index contributed by atoms with van der Waals surface area (Å²) in [5.74, 6) is 1.74. The highest BCUT2D eigenvalue weighted by atomic mass is 16.5. The standard InChI is InChI=1S/C22H25NO4/c1-13-3-4-16(12-20(13)26-2)22(25)23-21(17-10-18(24)11-17)15-5-6-19-14(9-15)7-8-27-19/h3-6,9,12,17-18,21,24H,7-8,10-11H2,1-2H3,(H,23,25)/t17?,18?,21-/m1/s1. The SMILES string of the molecule is COc1cc(C(=O)N[C@H](c2ccc3c(c2)CCO3)C2CC(O)C2)ccc1C. The highest BCUT2D eigenvalue weighted by molar-refractivity contribution is 5.95. The molecule has 1 saturated carbocycles. The number of fused-ring (bicyclic) bond motifs is 1. The van der Waals surface area contributed by atoms with Crippen LogP contribution >= 0.6 is 0 Å². The Labute approximate surface area is 159 Å². The van der Waals surface area contributed by atoms with E-state index in [-0.39, 0.29) is 24.0 Å². The third kappa shape index (κ3) is 3.52.